The van der Waals surface area contributed by atoms with Crippen LogP contribution in [0.5, 0.6) is 0 Å². The molecule has 25 heteroatoms. The van der Waals surface area contributed by atoms with Crippen molar-refractivity contribution in [1.29, 1.82) is 0 Å². The molecule has 0 bridgehead atoms. The molecule has 0 aliphatic rings. The molecule has 2 aromatic carbocycles. The van der Waals surface area contributed by atoms with Crippen LogP contribution in [0, 0.1) is 17.8 Å². The molecule has 8 amide bonds. The monoisotopic (exact) mass is 1240 g/mol. The molecule has 0 radical (unpaired) electrons. The van der Waals surface area contributed by atoms with Crippen molar-refractivity contribution in [2.75, 3.05) is 39.3 Å². The molecule has 0 aliphatic heterocycles. The number of amides is 8. The number of carbonyl (C=O) groups excluding carboxylic acids is 8. The first-order valence-electron chi connectivity index (χ1n) is 31.7. The second kappa shape index (κ2) is 43.9. The molecule has 10 atom stereocenters. The van der Waals surface area contributed by atoms with E-state index in [2.05, 4.69) is 47.9 Å². The number of nitrogens with two attached hydrogens (primary N) is 6. The van der Waals surface area contributed by atoms with Crippen molar-refractivity contribution in [3.63, 3.8) is 0 Å². The average Bonchev–Trinajstić information content (AvgIpc) is 3.69. The van der Waals surface area contributed by atoms with E-state index in [-0.39, 0.29) is 63.1 Å². The molecule has 0 spiro atoms. The zero-order chi connectivity index (χ0) is 65.6. The van der Waals surface area contributed by atoms with Gasteiger partial charge < -0.3 is 87.4 Å². The summed E-state index contributed by atoms with van der Waals surface area (Å²) in [5, 5.41) is 35.9. The Kier molecular flexibility index (Phi) is 38.7. The van der Waals surface area contributed by atoms with Gasteiger partial charge >= 0.3 is 5.97 Å². The van der Waals surface area contributed by atoms with E-state index in [9.17, 15) is 48.3 Å². The molecule has 496 valence electrons. The van der Waals surface area contributed by atoms with E-state index in [1.165, 1.54) is 0 Å². The number of unbranched alkanes of at least 4 members (excludes halogenated alkanes) is 5. The first-order valence-corrected chi connectivity index (χ1v) is 31.7. The van der Waals surface area contributed by atoms with Crippen LogP contribution in [0.15, 0.2) is 60.7 Å². The van der Waals surface area contributed by atoms with Crippen molar-refractivity contribution >= 4 is 53.2 Å². The quantitative estimate of drug-likeness (QED) is 0.0397. The second-order valence-electron chi connectivity index (χ2n) is 23.8. The number of hydrogen-bond acceptors (Lipinski definition) is 16. The third kappa shape index (κ3) is 30.1. The summed E-state index contributed by atoms with van der Waals surface area (Å²) in [6, 6.07) is 7.23. The molecular formula is C63H109N15O10. The molecule has 2 rings (SSSR count). The summed E-state index contributed by atoms with van der Waals surface area (Å²) in [7, 11) is 0. The Morgan fingerprint density at radius 3 is 1.09 bits per heavy atom. The minimum Gasteiger partial charge on any atom is -0.480 e. The largest absolute Gasteiger partial charge is 0.480 e. The Morgan fingerprint density at radius 1 is 0.364 bits per heavy atom. The van der Waals surface area contributed by atoms with Gasteiger partial charge in [0.1, 0.15) is 42.3 Å². The van der Waals surface area contributed by atoms with Gasteiger partial charge in [-0.1, -0.05) is 115 Å². The third-order valence-corrected chi connectivity index (χ3v) is 15.2. The number of carboxylic acids is 1. The molecular weight excluding hydrogens is 1130 g/mol. The zero-order valence-electron chi connectivity index (χ0n) is 53.1. The highest BCUT2D eigenvalue weighted by Gasteiger charge is 2.37. The Labute approximate surface area is 521 Å². The predicted molar refractivity (Wildman–Crippen MR) is 342 cm³/mol. The number of carboxylic acid groups (broad SMARTS) is 1. The summed E-state index contributed by atoms with van der Waals surface area (Å²) in [5.74, 6) is -7.62. The number of aliphatic carboxylic acids is 1. The predicted octanol–water partition coefficient (Wildman–Crippen LogP) is 0.333. The van der Waals surface area contributed by atoms with Gasteiger partial charge in [0.25, 0.3) is 0 Å². The molecule has 25 nitrogen and oxygen atoms in total. The topological polar surface area (TPSA) is 438 Å². The lowest BCUT2D eigenvalue weighted by Gasteiger charge is -2.30. The first-order chi connectivity index (χ1) is 42.0. The van der Waals surface area contributed by atoms with Crippen LogP contribution in [0.4, 0.5) is 0 Å². The van der Waals surface area contributed by atoms with Crippen LogP contribution in [0.3, 0.4) is 0 Å². The molecule has 0 heterocycles. The molecule has 0 fully saturated rings. The minimum absolute atomic E-state index is 0.00476. The van der Waals surface area contributed by atoms with Crippen LogP contribution in [-0.4, -0.2) is 158 Å². The van der Waals surface area contributed by atoms with Crippen LogP contribution in [0.2, 0.25) is 0 Å². The summed E-state index contributed by atoms with van der Waals surface area (Å²) >= 11 is 0. The molecule has 0 aromatic heterocycles. The Bertz CT molecular complexity index is 2390. The second-order valence-corrected chi connectivity index (χ2v) is 23.8. The fraction of sp³-hybridized carbons (Fsp3) is 0.667. The molecule has 22 N–H and O–H groups in total. The summed E-state index contributed by atoms with van der Waals surface area (Å²) in [4.78, 5) is 126. The van der Waals surface area contributed by atoms with Crippen molar-refractivity contribution in [3.05, 3.63) is 71.8 Å². The van der Waals surface area contributed by atoms with Crippen molar-refractivity contribution in [1.82, 2.24) is 47.9 Å². The van der Waals surface area contributed by atoms with Crippen LogP contribution in [0.25, 0.3) is 0 Å². The van der Waals surface area contributed by atoms with Crippen molar-refractivity contribution in [3.8, 4) is 0 Å². The van der Waals surface area contributed by atoms with E-state index in [4.69, 9.17) is 34.4 Å². The maximum atomic E-state index is 14.7. The number of carbonyl (C=O) groups is 9. The normalized spacial score (nSPS) is 14.9. The fourth-order valence-electron chi connectivity index (χ4n) is 9.91. The maximum Gasteiger partial charge on any atom is 0.326 e. The average molecular weight is 1240 g/mol. The molecule has 0 saturated heterocycles. The smallest absolute Gasteiger partial charge is 0.326 e. The van der Waals surface area contributed by atoms with Gasteiger partial charge in [0.05, 0.1) is 12.1 Å². The van der Waals surface area contributed by atoms with Gasteiger partial charge in [-0.2, -0.15) is 0 Å². The van der Waals surface area contributed by atoms with E-state index in [1.54, 1.807) is 88.4 Å². The third-order valence-electron chi connectivity index (χ3n) is 15.2. The number of rotatable bonds is 47. The van der Waals surface area contributed by atoms with E-state index < -0.39 is 114 Å². The molecule has 0 unspecified atom stereocenters. The Balaban J connectivity index is 2.45. The number of hydrogen-bond donors (Lipinski definition) is 16. The fourth-order valence-corrected chi connectivity index (χ4v) is 9.91. The van der Waals surface area contributed by atoms with Crippen LogP contribution >= 0.6 is 0 Å². The summed E-state index contributed by atoms with van der Waals surface area (Å²) < 4.78 is 0. The van der Waals surface area contributed by atoms with Gasteiger partial charge in [0.2, 0.25) is 47.3 Å². The van der Waals surface area contributed by atoms with E-state index in [1.807, 2.05) is 13.8 Å². The number of benzene rings is 2. The Morgan fingerprint density at radius 2 is 0.682 bits per heavy atom. The molecule has 0 aliphatic carbocycles. The summed E-state index contributed by atoms with van der Waals surface area (Å²) in [5.41, 5.74) is 36.3. The lowest BCUT2D eigenvalue weighted by Crippen LogP contribution is -2.62. The standard InChI is InChI=1S/C63H109N15O10/c1-40(2)52(70-39-45(27-13-18-32-64)71-55(79)46(69)28-14-19-33-65)60(84)78-54(42(5)6)62(86)76-51(38-44-25-11-8-12-26-44)58(82)72-48(30-16-21-35-67)57(81)77-53(41(3)4)61(85)73-47(29-15-20-34-66)56(80)75-50(37-43-23-9-7-10-24-43)59(83)74-49(63(87)88)31-17-22-36-68/h7-12,23-26,40-42,45-54,70H,13-22,27-39,64-69H2,1-6H3,(H,71,79)(H,72,82)(H,73,85)(H,74,83)(H,75,80)(H,76,86)(H,77,81)(H,78,84)(H,87,88)/t45-,46-,47-,48-,49+,50-,51-,52-,53-,54-/m0/s1. The van der Waals surface area contributed by atoms with Crippen molar-refractivity contribution < 1.29 is 48.3 Å². The Hall–Kier alpha value is -6.61. The number of nitrogens with one attached hydrogen (secondary N) is 9. The van der Waals surface area contributed by atoms with Crippen molar-refractivity contribution in [2.24, 2.45) is 52.2 Å². The van der Waals surface area contributed by atoms with E-state index in [0.717, 1.165) is 19.3 Å². The highest BCUT2D eigenvalue weighted by Crippen LogP contribution is 2.15. The molecule has 0 saturated carbocycles. The maximum absolute atomic E-state index is 14.7. The lowest BCUT2D eigenvalue weighted by molar-refractivity contribution is -0.142. The van der Waals surface area contributed by atoms with Gasteiger partial charge in [-0.15, -0.1) is 0 Å². The van der Waals surface area contributed by atoms with Crippen LogP contribution in [0.1, 0.15) is 149 Å². The minimum atomic E-state index is -1.27. The van der Waals surface area contributed by atoms with E-state index >= 15 is 0 Å². The lowest BCUT2D eigenvalue weighted by atomic mass is 9.98. The van der Waals surface area contributed by atoms with Gasteiger partial charge in [-0.3, -0.25) is 38.4 Å². The highest BCUT2D eigenvalue weighted by atomic mass is 16.4. The van der Waals surface area contributed by atoms with Gasteiger partial charge in [0, 0.05) is 25.4 Å². The van der Waals surface area contributed by atoms with Crippen LogP contribution < -0.4 is 82.3 Å². The first kappa shape index (κ1) is 77.5. The highest BCUT2D eigenvalue weighted by molar-refractivity contribution is 5.98. The van der Waals surface area contributed by atoms with Crippen molar-refractivity contribution in [2.45, 2.75) is 211 Å². The molecule has 88 heavy (non-hydrogen) atoms. The summed E-state index contributed by atoms with van der Waals surface area (Å²) in [6.07, 6.45) is 7.01. The van der Waals surface area contributed by atoms with Gasteiger partial charge in [0.15, 0.2) is 0 Å². The molecule has 2 aromatic rings. The van der Waals surface area contributed by atoms with Gasteiger partial charge in [-0.25, -0.2) is 4.79 Å². The van der Waals surface area contributed by atoms with Gasteiger partial charge in [-0.05, 0) is 145 Å². The SMILES string of the molecule is CC(C)[C@H](NC[C@H](CCCCN)NC(=O)[C@@H](N)CCCCN)C(=O)N[C@H](C(=O)N[C@@H](Cc1ccccc1)C(=O)N[C@@H](CCCCN)C(=O)N[C@H](C(=O)N[C@@H](CCCCN)C(=O)N[C@@H](Cc1ccccc1)C(=O)N[C@H](CCCCN)C(=O)O)C(C)C)C(C)C. The van der Waals surface area contributed by atoms with Crippen LogP contribution in [-0.2, 0) is 56.0 Å². The zero-order valence-corrected chi connectivity index (χ0v) is 53.1. The van der Waals surface area contributed by atoms with E-state index in [0.29, 0.717) is 95.1 Å². The summed E-state index contributed by atoms with van der Waals surface area (Å²) in [6.45, 7) is 12.7.